The van der Waals surface area contributed by atoms with Crippen LogP contribution in [0.25, 0.3) is 0 Å². The fourth-order valence-corrected chi connectivity index (χ4v) is 1.11. The molecule has 118 valence electrons. The van der Waals surface area contributed by atoms with Gasteiger partial charge in [-0.25, -0.2) is 0 Å². The molecule has 21 heavy (non-hydrogen) atoms. The predicted molar refractivity (Wildman–Crippen MR) is 73.9 cm³/mol. The van der Waals surface area contributed by atoms with Gasteiger partial charge in [0, 0.05) is 0 Å². The van der Waals surface area contributed by atoms with E-state index in [-0.39, 0.29) is 6.61 Å². The third-order valence-electron chi connectivity index (χ3n) is 1.92. The van der Waals surface area contributed by atoms with E-state index in [1.165, 1.54) is 0 Å². The van der Waals surface area contributed by atoms with Crippen LogP contribution in [0.2, 0.25) is 0 Å². The Hall–Kier alpha value is -1.97. The number of hydrogen-bond donors (Lipinski definition) is 3. The Kier molecular flexibility index (Phi) is 8.21. The number of benzene rings is 1. The summed E-state index contributed by atoms with van der Waals surface area (Å²) in [5, 5.41) is 8.43. The molecular formula is C12H17NO7S. The Balaban J connectivity index is 0.000000690. The van der Waals surface area contributed by atoms with E-state index in [2.05, 4.69) is 0 Å². The van der Waals surface area contributed by atoms with Crippen LogP contribution < -0.4 is 5.73 Å². The van der Waals surface area contributed by atoms with Gasteiger partial charge in [-0.1, -0.05) is 30.3 Å². The largest absolute Gasteiger partial charge is 0.481 e. The molecule has 0 aromatic heterocycles. The van der Waals surface area contributed by atoms with Crippen molar-refractivity contribution in [2.45, 2.75) is 19.1 Å². The molecule has 1 aromatic rings. The molecule has 0 radical (unpaired) electrons. The quantitative estimate of drug-likeness (QED) is 0.509. The van der Waals surface area contributed by atoms with Crippen molar-refractivity contribution in [3.8, 4) is 0 Å². The average Bonchev–Trinajstić information content (AvgIpc) is 2.34. The first-order chi connectivity index (χ1) is 9.59. The lowest BCUT2D eigenvalue weighted by molar-refractivity contribution is -0.150. The number of nitrogens with two attached hydrogens (primary N) is 1. The lowest BCUT2D eigenvalue weighted by Gasteiger charge is -2.09. The lowest BCUT2D eigenvalue weighted by atomic mass is 10.2. The maximum Gasteiger partial charge on any atom is 0.323 e. The second-order valence-corrected chi connectivity index (χ2v) is 5.50. The summed E-state index contributed by atoms with van der Waals surface area (Å²) in [6, 6.07) is 7.98. The SMILES string of the molecule is CS(=O)(=O)O.N[C@@H](CC(=O)O)C(=O)OCc1ccccc1. The second-order valence-electron chi connectivity index (χ2n) is 4.03. The third-order valence-corrected chi connectivity index (χ3v) is 1.92. The van der Waals surface area contributed by atoms with E-state index in [1.54, 1.807) is 12.1 Å². The summed E-state index contributed by atoms with van der Waals surface area (Å²) in [6.45, 7) is 0.104. The summed E-state index contributed by atoms with van der Waals surface area (Å²) in [5.74, 6) is -1.82. The van der Waals surface area contributed by atoms with E-state index < -0.39 is 34.5 Å². The van der Waals surface area contributed by atoms with Crippen LogP contribution >= 0.6 is 0 Å². The van der Waals surface area contributed by atoms with Crippen molar-refractivity contribution in [1.82, 2.24) is 0 Å². The summed E-state index contributed by atoms with van der Waals surface area (Å²) >= 11 is 0. The highest BCUT2D eigenvalue weighted by atomic mass is 32.2. The Morgan fingerprint density at radius 2 is 1.76 bits per heavy atom. The molecule has 0 aliphatic carbocycles. The number of carboxylic acid groups (broad SMARTS) is 1. The van der Waals surface area contributed by atoms with Crippen molar-refractivity contribution in [3.63, 3.8) is 0 Å². The third kappa shape index (κ3) is 12.8. The van der Waals surface area contributed by atoms with Crippen LogP contribution in [0.1, 0.15) is 12.0 Å². The Labute approximate surface area is 122 Å². The molecule has 0 bridgehead atoms. The van der Waals surface area contributed by atoms with Gasteiger partial charge in [0.1, 0.15) is 12.6 Å². The minimum atomic E-state index is -3.67. The van der Waals surface area contributed by atoms with Gasteiger partial charge in [-0.05, 0) is 5.56 Å². The molecule has 1 rings (SSSR count). The molecule has 8 nitrogen and oxygen atoms in total. The minimum Gasteiger partial charge on any atom is -0.481 e. The highest BCUT2D eigenvalue weighted by Gasteiger charge is 2.18. The fraction of sp³-hybridized carbons (Fsp3) is 0.333. The molecular weight excluding hydrogens is 302 g/mol. The normalized spacial score (nSPS) is 11.8. The van der Waals surface area contributed by atoms with Crippen molar-refractivity contribution in [2.24, 2.45) is 5.73 Å². The lowest BCUT2D eigenvalue weighted by Crippen LogP contribution is -2.34. The zero-order valence-electron chi connectivity index (χ0n) is 11.3. The fourth-order valence-electron chi connectivity index (χ4n) is 1.11. The van der Waals surface area contributed by atoms with Crippen LogP contribution in [-0.4, -0.2) is 42.3 Å². The summed E-state index contributed by atoms with van der Waals surface area (Å²) in [6.07, 6.45) is 0.292. The minimum absolute atomic E-state index is 0.104. The van der Waals surface area contributed by atoms with Crippen molar-refractivity contribution >= 4 is 22.1 Å². The number of rotatable bonds is 5. The molecule has 1 atom stereocenters. The van der Waals surface area contributed by atoms with Gasteiger partial charge in [-0.3, -0.25) is 14.1 Å². The van der Waals surface area contributed by atoms with Crippen LogP contribution in [0, 0.1) is 0 Å². The first kappa shape index (κ1) is 19.0. The molecule has 0 saturated heterocycles. The van der Waals surface area contributed by atoms with E-state index >= 15 is 0 Å². The van der Waals surface area contributed by atoms with Gasteiger partial charge in [-0.15, -0.1) is 0 Å². The van der Waals surface area contributed by atoms with Crippen LogP contribution in [0.15, 0.2) is 30.3 Å². The van der Waals surface area contributed by atoms with Crippen molar-refractivity contribution in [2.75, 3.05) is 6.26 Å². The smallest absolute Gasteiger partial charge is 0.323 e. The van der Waals surface area contributed by atoms with Crippen molar-refractivity contribution < 1.29 is 32.4 Å². The van der Waals surface area contributed by atoms with Gasteiger partial charge < -0.3 is 15.6 Å². The van der Waals surface area contributed by atoms with Gasteiger partial charge in [0.15, 0.2) is 0 Å². The van der Waals surface area contributed by atoms with Gasteiger partial charge in [0.2, 0.25) is 0 Å². The zero-order valence-corrected chi connectivity index (χ0v) is 12.1. The molecule has 0 fully saturated rings. The number of aliphatic carboxylic acids is 1. The van der Waals surface area contributed by atoms with Gasteiger partial charge >= 0.3 is 11.9 Å². The number of ether oxygens (including phenoxy) is 1. The highest BCUT2D eigenvalue weighted by molar-refractivity contribution is 7.85. The topological polar surface area (TPSA) is 144 Å². The number of carbonyl (C=O) groups is 2. The van der Waals surface area contributed by atoms with Gasteiger partial charge in [0.25, 0.3) is 10.1 Å². The molecule has 0 heterocycles. The standard InChI is InChI=1S/C11H13NO4.CH4O3S/c12-9(6-10(13)14)11(15)16-7-8-4-2-1-3-5-8;1-5(2,3)4/h1-5,9H,6-7,12H2,(H,13,14);1H3,(H,2,3,4)/t9-;/m0./s1. The maximum atomic E-state index is 11.2. The Bertz CT molecular complexity index is 548. The van der Waals surface area contributed by atoms with Gasteiger partial charge in [0.05, 0.1) is 12.7 Å². The Morgan fingerprint density at radius 3 is 2.19 bits per heavy atom. The first-order valence-electron chi connectivity index (χ1n) is 5.70. The average molecular weight is 319 g/mol. The van der Waals surface area contributed by atoms with Crippen LogP contribution in [0.4, 0.5) is 0 Å². The zero-order chi connectivity index (χ0) is 16.5. The molecule has 0 saturated carbocycles. The van der Waals surface area contributed by atoms with E-state index in [0.717, 1.165) is 5.56 Å². The van der Waals surface area contributed by atoms with E-state index in [9.17, 15) is 18.0 Å². The number of carboxylic acids is 1. The number of hydrogen-bond acceptors (Lipinski definition) is 6. The van der Waals surface area contributed by atoms with Crippen LogP contribution in [-0.2, 0) is 31.1 Å². The monoisotopic (exact) mass is 319 g/mol. The van der Waals surface area contributed by atoms with E-state index in [0.29, 0.717) is 6.26 Å². The molecule has 0 amide bonds. The molecule has 0 unspecified atom stereocenters. The number of carbonyl (C=O) groups excluding carboxylic acids is 1. The first-order valence-corrected chi connectivity index (χ1v) is 7.55. The second kappa shape index (κ2) is 9.06. The molecule has 9 heteroatoms. The summed E-state index contributed by atoms with van der Waals surface area (Å²) in [5.41, 5.74) is 6.16. The predicted octanol–water partition coefficient (Wildman–Crippen LogP) is 0.0358. The highest BCUT2D eigenvalue weighted by Crippen LogP contribution is 2.02. The van der Waals surface area contributed by atoms with Crippen LogP contribution in [0.5, 0.6) is 0 Å². The molecule has 0 aliphatic rings. The van der Waals surface area contributed by atoms with E-state index in [4.69, 9.17) is 20.1 Å². The molecule has 0 aliphatic heterocycles. The molecule has 1 aromatic carbocycles. The van der Waals surface area contributed by atoms with E-state index in [1.807, 2.05) is 18.2 Å². The Morgan fingerprint density at radius 1 is 1.29 bits per heavy atom. The number of esters is 1. The maximum absolute atomic E-state index is 11.2. The summed E-state index contributed by atoms with van der Waals surface area (Å²) < 4.78 is 30.7. The summed E-state index contributed by atoms with van der Waals surface area (Å²) in [7, 11) is -3.67. The summed E-state index contributed by atoms with van der Waals surface area (Å²) in [4.78, 5) is 21.5. The van der Waals surface area contributed by atoms with Crippen molar-refractivity contribution in [3.05, 3.63) is 35.9 Å². The molecule has 0 spiro atoms. The van der Waals surface area contributed by atoms with Crippen LogP contribution in [0.3, 0.4) is 0 Å². The van der Waals surface area contributed by atoms with Crippen molar-refractivity contribution in [1.29, 1.82) is 0 Å². The molecule has 4 N–H and O–H groups in total. The van der Waals surface area contributed by atoms with Gasteiger partial charge in [-0.2, -0.15) is 8.42 Å².